The molecular weight excluding hydrogens is 228 g/mol. The molecule has 0 aliphatic carbocycles. The molecule has 16 heavy (non-hydrogen) atoms. The van der Waals surface area contributed by atoms with Crippen LogP contribution >= 0.6 is 11.3 Å². The fourth-order valence-corrected chi connectivity index (χ4v) is 1.59. The van der Waals surface area contributed by atoms with E-state index < -0.39 is 0 Å². The molecule has 0 aromatic carbocycles. The maximum atomic E-state index is 11.5. The maximum Gasteiger partial charge on any atom is 0.271 e. The fraction of sp³-hybridized carbons (Fsp3) is 0.111. The van der Waals surface area contributed by atoms with Gasteiger partial charge in [-0.15, -0.1) is 11.3 Å². The quantitative estimate of drug-likeness (QED) is 0.794. The number of aromatic amines is 1. The number of hydrogen-bond acceptors (Lipinski definition) is 5. The molecule has 0 atom stereocenters. The van der Waals surface area contributed by atoms with E-state index in [1.807, 2.05) is 0 Å². The Hall–Kier alpha value is -2.02. The van der Waals surface area contributed by atoms with Crippen LogP contribution in [-0.2, 0) is 6.54 Å². The topological polar surface area (TPSA) is 87.7 Å². The Morgan fingerprint density at radius 3 is 3.00 bits per heavy atom. The van der Waals surface area contributed by atoms with Gasteiger partial charge in [0.05, 0.1) is 17.7 Å². The zero-order valence-corrected chi connectivity index (χ0v) is 8.95. The van der Waals surface area contributed by atoms with E-state index in [1.165, 1.54) is 17.4 Å². The largest absolute Gasteiger partial charge is 0.345 e. The first kappa shape index (κ1) is 10.5. The van der Waals surface area contributed by atoms with Gasteiger partial charge >= 0.3 is 0 Å². The van der Waals surface area contributed by atoms with Gasteiger partial charge in [-0.25, -0.2) is 10.1 Å². The average molecular weight is 236 g/mol. The summed E-state index contributed by atoms with van der Waals surface area (Å²) in [4.78, 5) is 26.1. The average Bonchev–Trinajstić information content (AvgIpc) is 2.81. The number of amides is 1. The van der Waals surface area contributed by atoms with Gasteiger partial charge in [0, 0.05) is 11.4 Å². The van der Waals surface area contributed by atoms with Crippen molar-refractivity contribution in [1.29, 1.82) is 0 Å². The molecule has 6 nitrogen and oxygen atoms in total. The van der Waals surface area contributed by atoms with Gasteiger partial charge in [-0.2, -0.15) is 5.10 Å². The highest BCUT2D eigenvalue weighted by atomic mass is 32.1. The minimum atomic E-state index is -0.269. The second kappa shape index (κ2) is 4.67. The fourth-order valence-electron chi connectivity index (χ4n) is 1.06. The summed E-state index contributed by atoms with van der Waals surface area (Å²) in [5, 5.41) is 10.4. The number of carbonyl (C=O) groups is 1. The Balaban J connectivity index is 1.95. The Kier molecular flexibility index (Phi) is 3.06. The van der Waals surface area contributed by atoms with Crippen LogP contribution < -0.4 is 10.9 Å². The Labute approximate surface area is 94.4 Å². The number of nitrogens with one attached hydrogen (secondary N) is 2. The van der Waals surface area contributed by atoms with Gasteiger partial charge in [0.25, 0.3) is 11.5 Å². The summed E-state index contributed by atoms with van der Waals surface area (Å²) >= 11 is 1.36. The monoisotopic (exact) mass is 236 g/mol. The van der Waals surface area contributed by atoms with E-state index in [0.717, 1.165) is 0 Å². The SMILES string of the molecule is O=C(NCc1ccc(=O)[nH]n1)c1cscn1. The predicted molar refractivity (Wildman–Crippen MR) is 58.1 cm³/mol. The van der Waals surface area contributed by atoms with E-state index in [1.54, 1.807) is 17.0 Å². The van der Waals surface area contributed by atoms with Crippen molar-refractivity contribution in [2.75, 3.05) is 0 Å². The van der Waals surface area contributed by atoms with Crippen LogP contribution in [0.2, 0.25) is 0 Å². The molecule has 2 rings (SSSR count). The number of rotatable bonds is 3. The van der Waals surface area contributed by atoms with Crippen LogP contribution in [0.4, 0.5) is 0 Å². The Bertz CT molecular complexity index is 514. The highest BCUT2D eigenvalue weighted by molar-refractivity contribution is 7.07. The van der Waals surface area contributed by atoms with Crippen LogP contribution in [0.5, 0.6) is 0 Å². The van der Waals surface area contributed by atoms with E-state index in [9.17, 15) is 9.59 Å². The minimum absolute atomic E-state index is 0.255. The van der Waals surface area contributed by atoms with Crippen LogP contribution in [0.1, 0.15) is 16.2 Å². The van der Waals surface area contributed by atoms with E-state index >= 15 is 0 Å². The summed E-state index contributed by atoms with van der Waals surface area (Å²) in [6.45, 7) is 0.257. The van der Waals surface area contributed by atoms with E-state index in [4.69, 9.17) is 0 Å². The van der Waals surface area contributed by atoms with Crippen LogP contribution in [0.3, 0.4) is 0 Å². The van der Waals surface area contributed by atoms with Crippen LogP contribution in [0.25, 0.3) is 0 Å². The van der Waals surface area contributed by atoms with Gasteiger partial charge in [0.2, 0.25) is 0 Å². The van der Waals surface area contributed by atoms with Gasteiger partial charge in [0.15, 0.2) is 0 Å². The van der Waals surface area contributed by atoms with Crippen LogP contribution in [0, 0.1) is 0 Å². The van der Waals surface area contributed by atoms with Crippen molar-refractivity contribution in [3.05, 3.63) is 44.8 Å². The third-order valence-electron chi connectivity index (χ3n) is 1.83. The molecule has 0 saturated heterocycles. The van der Waals surface area contributed by atoms with Crippen molar-refractivity contribution in [1.82, 2.24) is 20.5 Å². The Morgan fingerprint density at radius 2 is 2.38 bits per heavy atom. The second-order valence-corrected chi connectivity index (χ2v) is 3.69. The Morgan fingerprint density at radius 1 is 1.50 bits per heavy atom. The molecule has 2 N–H and O–H groups in total. The zero-order chi connectivity index (χ0) is 11.4. The minimum Gasteiger partial charge on any atom is -0.345 e. The highest BCUT2D eigenvalue weighted by Crippen LogP contribution is 2.00. The van der Waals surface area contributed by atoms with Gasteiger partial charge in [-0.1, -0.05) is 0 Å². The molecule has 2 aromatic heterocycles. The molecule has 7 heteroatoms. The number of hydrogen-bond donors (Lipinski definition) is 2. The summed E-state index contributed by atoms with van der Waals surface area (Å²) in [6, 6.07) is 2.91. The molecule has 0 spiro atoms. The summed E-state index contributed by atoms with van der Waals surface area (Å²) in [5.41, 5.74) is 2.29. The summed E-state index contributed by atoms with van der Waals surface area (Å²) in [5.74, 6) is -0.255. The lowest BCUT2D eigenvalue weighted by Gasteiger charge is -2.01. The summed E-state index contributed by atoms with van der Waals surface area (Å²) in [7, 11) is 0. The molecule has 0 bridgehead atoms. The van der Waals surface area contributed by atoms with Crippen molar-refractivity contribution < 1.29 is 4.79 Å². The zero-order valence-electron chi connectivity index (χ0n) is 8.14. The molecule has 2 aromatic rings. The molecule has 2 heterocycles. The molecular formula is C9H8N4O2S. The lowest BCUT2D eigenvalue weighted by atomic mass is 10.3. The molecule has 82 valence electrons. The molecule has 0 fully saturated rings. The standard InChI is InChI=1S/C9H8N4O2S/c14-8-2-1-6(12-13-8)3-10-9(15)7-4-16-5-11-7/h1-2,4-5H,3H2,(H,10,15)(H,13,14). The number of nitrogens with zero attached hydrogens (tertiary/aromatic N) is 2. The van der Waals surface area contributed by atoms with Crippen LogP contribution in [-0.4, -0.2) is 21.1 Å². The van der Waals surface area contributed by atoms with Gasteiger partial charge < -0.3 is 5.32 Å². The third kappa shape index (κ3) is 2.51. The predicted octanol–water partition coefficient (Wildman–Crippen LogP) is 0.156. The molecule has 1 amide bonds. The first-order chi connectivity index (χ1) is 7.75. The third-order valence-corrected chi connectivity index (χ3v) is 2.42. The lowest BCUT2D eigenvalue weighted by molar-refractivity contribution is 0.0946. The van der Waals surface area contributed by atoms with E-state index in [-0.39, 0.29) is 18.0 Å². The summed E-state index contributed by atoms with van der Waals surface area (Å²) in [6.07, 6.45) is 0. The molecule has 0 aliphatic rings. The molecule has 0 aliphatic heterocycles. The van der Waals surface area contributed by atoms with E-state index in [2.05, 4.69) is 20.5 Å². The first-order valence-electron chi connectivity index (χ1n) is 4.47. The van der Waals surface area contributed by atoms with Crippen molar-refractivity contribution in [2.24, 2.45) is 0 Å². The highest BCUT2D eigenvalue weighted by Gasteiger charge is 2.06. The van der Waals surface area contributed by atoms with Crippen molar-refractivity contribution in [3.63, 3.8) is 0 Å². The van der Waals surface area contributed by atoms with E-state index in [0.29, 0.717) is 11.4 Å². The smallest absolute Gasteiger partial charge is 0.271 e. The number of aromatic nitrogens is 3. The molecule has 0 saturated carbocycles. The lowest BCUT2D eigenvalue weighted by Crippen LogP contribution is -2.24. The number of H-pyrrole nitrogens is 1. The first-order valence-corrected chi connectivity index (χ1v) is 5.41. The number of thiazole rings is 1. The maximum absolute atomic E-state index is 11.5. The normalized spacial score (nSPS) is 10.0. The van der Waals surface area contributed by atoms with Crippen molar-refractivity contribution >= 4 is 17.2 Å². The number of carbonyl (C=O) groups excluding carboxylic acids is 1. The van der Waals surface area contributed by atoms with Crippen LogP contribution in [0.15, 0.2) is 27.8 Å². The van der Waals surface area contributed by atoms with Gasteiger partial charge in [-0.3, -0.25) is 9.59 Å². The molecule has 0 unspecified atom stereocenters. The van der Waals surface area contributed by atoms with Crippen molar-refractivity contribution in [2.45, 2.75) is 6.54 Å². The van der Waals surface area contributed by atoms with Gasteiger partial charge in [-0.05, 0) is 6.07 Å². The summed E-state index contributed by atoms with van der Waals surface area (Å²) < 4.78 is 0. The van der Waals surface area contributed by atoms with Crippen molar-refractivity contribution in [3.8, 4) is 0 Å². The van der Waals surface area contributed by atoms with Gasteiger partial charge in [0.1, 0.15) is 5.69 Å². The second-order valence-electron chi connectivity index (χ2n) is 2.97. The molecule has 0 radical (unpaired) electrons.